The fourth-order valence-electron chi connectivity index (χ4n) is 2.42. The van der Waals surface area contributed by atoms with Gasteiger partial charge >= 0.3 is 0 Å². The Morgan fingerprint density at radius 1 is 1.44 bits per heavy atom. The Bertz CT molecular complexity index is 596. The number of carbonyl (C=O) groups excluding carboxylic acids is 1. The fraction of sp³-hybridized carbons (Fsp3) is 0.286. The van der Waals surface area contributed by atoms with Crippen LogP contribution >= 0.6 is 0 Å². The smallest absolute Gasteiger partial charge is 0.233 e. The van der Waals surface area contributed by atoms with Gasteiger partial charge in [-0.3, -0.25) is 9.48 Å². The molecule has 0 aliphatic heterocycles. The van der Waals surface area contributed by atoms with Gasteiger partial charge < -0.3 is 5.32 Å². The van der Waals surface area contributed by atoms with E-state index in [1.807, 2.05) is 32.2 Å². The number of fused-ring (bicyclic) bond motifs is 1. The van der Waals surface area contributed by atoms with E-state index in [4.69, 9.17) is 0 Å². The molecule has 0 bridgehead atoms. The van der Waals surface area contributed by atoms with Crippen molar-refractivity contribution < 1.29 is 4.79 Å². The molecule has 1 aromatic heterocycles. The second-order valence-electron chi connectivity index (χ2n) is 4.74. The molecule has 3 rings (SSSR count). The molecule has 1 unspecified atom stereocenters. The van der Waals surface area contributed by atoms with Gasteiger partial charge in [0.05, 0.1) is 12.1 Å². The lowest BCUT2D eigenvalue weighted by atomic mass is 9.77. The molecule has 1 amide bonds. The number of hydrogen-bond donors (Lipinski definition) is 1. The second-order valence-corrected chi connectivity index (χ2v) is 4.74. The largest absolute Gasteiger partial charge is 0.310 e. The van der Waals surface area contributed by atoms with E-state index < -0.39 is 0 Å². The summed E-state index contributed by atoms with van der Waals surface area (Å²) >= 11 is 0. The third-order valence-corrected chi connectivity index (χ3v) is 3.53. The maximum absolute atomic E-state index is 12.2. The predicted octanol–water partition coefficient (Wildman–Crippen LogP) is 2.01. The number of benzene rings is 1. The molecule has 18 heavy (non-hydrogen) atoms. The quantitative estimate of drug-likeness (QED) is 0.874. The van der Waals surface area contributed by atoms with Crippen molar-refractivity contribution in [3.05, 3.63) is 47.2 Å². The number of nitrogens with zero attached hydrogens (tertiary/aromatic N) is 2. The van der Waals surface area contributed by atoms with Crippen molar-refractivity contribution >= 4 is 11.7 Å². The number of rotatable bonds is 2. The molecule has 1 N–H and O–H groups in total. The molecule has 92 valence electrons. The number of amides is 1. The number of nitrogens with one attached hydrogen (secondary N) is 1. The van der Waals surface area contributed by atoms with Gasteiger partial charge in [0.2, 0.25) is 5.91 Å². The molecule has 1 aliphatic rings. The Kier molecular flexibility index (Phi) is 2.44. The van der Waals surface area contributed by atoms with Gasteiger partial charge in [-0.25, -0.2) is 0 Å². The average molecular weight is 241 g/mol. The van der Waals surface area contributed by atoms with Crippen LogP contribution in [0.3, 0.4) is 0 Å². The van der Waals surface area contributed by atoms with Crippen molar-refractivity contribution in [2.24, 2.45) is 7.05 Å². The zero-order valence-electron chi connectivity index (χ0n) is 10.5. The topological polar surface area (TPSA) is 46.9 Å². The number of aromatic nitrogens is 2. The van der Waals surface area contributed by atoms with E-state index in [0.29, 0.717) is 0 Å². The van der Waals surface area contributed by atoms with Gasteiger partial charge in [-0.1, -0.05) is 24.3 Å². The molecule has 0 radical (unpaired) electrons. The van der Waals surface area contributed by atoms with Crippen LogP contribution in [0.4, 0.5) is 5.82 Å². The highest BCUT2D eigenvalue weighted by molar-refractivity contribution is 5.97. The van der Waals surface area contributed by atoms with Crippen LogP contribution in [0.15, 0.2) is 30.5 Å². The van der Waals surface area contributed by atoms with Gasteiger partial charge in [-0.2, -0.15) is 5.10 Å². The van der Waals surface area contributed by atoms with E-state index in [-0.39, 0.29) is 11.8 Å². The van der Waals surface area contributed by atoms with Crippen LogP contribution in [0.1, 0.15) is 22.6 Å². The number of carbonyl (C=O) groups is 1. The molecule has 0 saturated carbocycles. The van der Waals surface area contributed by atoms with E-state index in [1.165, 1.54) is 5.56 Å². The minimum absolute atomic E-state index is 0.0181. The summed E-state index contributed by atoms with van der Waals surface area (Å²) in [6.45, 7) is 1.94. The van der Waals surface area contributed by atoms with Gasteiger partial charge in [0, 0.05) is 12.6 Å². The first-order chi connectivity index (χ1) is 8.66. The van der Waals surface area contributed by atoms with Gasteiger partial charge in [-0.05, 0) is 24.5 Å². The minimum atomic E-state index is -0.0181. The lowest BCUT2D eigenvalue weighted by molar-refractivity contribution is -0.118. The van der Waals surface area contributed by atoms with Gasteiger partial charge in [0.1, 0.15) is 5.82 Å². The number of hydrogen-bond acceptors (Lipinski definition) is 2. The van der Waals surface area contributed by atoms with Crippen LogP contribution in [0, 0.1) is 6.92 Å². The van der Waals surface area contributed by atoms with Crippen molar-refractivity contribution in [3.8, 4) is 0 Å². The molecule has 1 atom stereocenters. The van der Waals surface area contributed by atoms with Crippen LogP contribution in [0.25, 0.3) is 0 Å². The zero-order chi connectivity index (χ0) is 12.7. The summed E-state index contributed by atoms with van der Waals surface area (Å²) in [7, 11) is 1.83. The maximum atomic E-state index is 12.2. The molecule has 1 aromatic carbocycles. The van der Waals surface area contributed by atoms with Crippen LogP contribution in [-0.2, 0) is 18.3 Å². The molecule has 1 aliphatic carbocycles. The molecule has 0 fully saturated rings. The average Bonchev–Trinajstić information content (AvgIpc) is 2.62. The summed E-state index contributed by atoms with van der Waals surface area (Å²) in [4.78, 5) is 12.2. The maximum Gasteiger partial charge on any atom is 0.233 e. The van der Waals surface area contributed by atoms with Crippen molar-refractivity contribution in [2.45, 2.75) is 19.3 Å². The molecule has 4 heteroatoms. The first-order valence-corrected chi connectivity index (χ1v) is 6.04. The summed E-state index contributed by atoms with van der Waals surface area (Å²) in [5.41, 5.74) is 3.41. The Hall–Kier alpha value is -2.10. The monoisotopic (exact) mass is 241 g/mol. The normalized spacial score (nSPS) is 16.9. The van der Waals surface area contributed by atoms with Crippen LogP contribution in [0.2, 0.25) is 0 Å². The van der Waals surface area contributed by atoms with Gasteiger partial charge in [0.25, 0.3) is 0 Å². The summed E-state index contributed by atoms with van der Waals surface area (Å²) in [5, 5.41) is 7.08. The summed E-state index contributed by atoms with van der Waals surface area (Å²) in [5.74, 6) is 0.820. The number of anilines is 1. The molecule has 4 nitrogen and oxygen atoms in total. The second kappa shape index (κ2) is 3.98. The first-order valence-electron chi connectivity index (χ1n) is 6.04. The van der Waals surface area contributed by atoms with Crippen molar-refractivity contribution in [1.29, 1.82) is 0 Å². The third kappa shape index (κ3) is 1.61. The van der Waals surface area contributed by atoms with Gasteiger partial charge in [0.15, 0.2) is 0 Å². The third-order valence-electron chi connectivity index (χ3n) is 3.53. The highest BCUT2D eigenvalue weighted by Gasteiger charge is 2.32. The molecule has 1 heterocycles. The van der Waals surface area contributed by atoms with E-state index in [2.05, 4.69) is 16.5 Å². The Balaban J connectivity index is 1.79. The highest BCUT2D eigenvalue weighted by atomic mass is 16.2. The molecular weight excluding hydrogens is 226 g/mol. The lowest BCUT2D eigenvalue weighted by Gasteiger charge is -2.28. The summed E-state index contributed by atoms with van der Waals surface area (Å²) in [6.07, 6.45) is 2.59. The molecular formula is C14H15N3O. The summed E-state index contributed by atoms with van der Waals surface area (Å²) in [6, 6.07) is 8.10. The molecule has 0 spiro atoms. The van der Waals surface area contributed by atoms with Crippen molar-refractivity contribution in [1.82, 2.24) is 9.78 Å². The van der Waals surface area contributed by atoms with Crippen molar-refractivity contribution in [2.75, 3.05) is 5.32 Å². The minimum Gasteiger partial charge on any atom is -0.310 e. The molecule has 0 saturated heterocycles. The van der Waals surface area contributed by atoms with Crippen molar-refractivity contribution in [3.63, 3.8) is 0 Å². The standard InChI is InChI=1S/C14H15N3O/c1-9-8-15-17(2)13(9)16-14(18)12-7-10-5-3-4-6-11(10)12/h3-6,8,12H,7H2,1-2H3,(H,16,18). The van der Waals surface area contributed by atoms with Crippen LogP contribution in [0.5, 0.6) is 0 Å². The van der Waals surface area contributed by atoms with E-state index in [9.17, 15) is 4.79 Å². The van der Waals surface area contributed by atoms with Crippen LogP contribution in [-0.4, -0.2) is 15.7 Å². The highest BCUT2D eigenvalue weighted by Crippen LogP contribution is 2.35. The first kappa shape index (κ1) is 11.0. The Morgan fingerprint density at radius 2 is 2.22 bits per heavy atom. The van der Waals surface area contributed by atoms with Crippen LogP contribution < -0.4 is 5.32 Å². The van der Waals surface area contributed by atoms with E-state index >= 15 is 0 Å². The Labute approximate surface area is 106 Å². The SMILES string of the molecule is Cc1cnn(C)c1NC(=O)C1Cc2ccccc21. The zero-order valence-corrected chi connectivity index (χ0v) is 10.5. The Morgan fingerprint density at radius 3 is 2.89 bits per heavy atom. The predicted molar refractivity (Wildman–Crippen MR) is 69.5 cm³/mol. The summed E-state index contributed by atoms with van der Waals surface area (Å²) < 4.78 is 1.69. The lowest BCUT2D eigenvalue weighted by Crippen LogP contribution is -2.30. The fourth-order valence-corrected chi connectivity index (χ4v) is 2.42. The van der Waals surface area contributed by atoms with E-state index in [0.717, 1.165) is 23.4 Å². The molecule has 2 aromatic rings. The van der Waals surface area contributed by atoms with Gasteiger partial charge in [-0.15, -0.1) is 0 Å². The number of aryl methyl sites for hydroxylation is 2. The van der Waals surface area contributed by atoms with E-state index in [1.54, 1.807) is 10.9 Å².